The second-order valence-corrected chi connectivity index (χ2v) is 4.13. The Morgan fingerprint density at radius 3 is 2.50 bits per heavy atom. The Morgan fingerprint density at radius 1 is 1.22 bits per heavy atom. The first-order chi connectivity index (χ1) is 8.72. The molecule has 0 amide bonds. The Morgan fingerprint density at radius 2 is 1.94 bits per heavy atom. The lowest BCUT2D eigenvalue weighted by Gasteiger charge is -2.10. The molecule has 0 radical (unpaired) electrons. The van der Waals surface area contributed by atoms with Crippen LogP contribution in [-0.2, 0) is 0 Å². The number of thiocarbonyl (C=S) groups is 1. The fraction of sp³-hybridized carbons (Fsp3) is 0.154. The lowest BCUT2D eigenvalue weighted by molar-refractivity contribution is 0.215. The van der Waals surface area contributed by atoms with Crippen LogP contribution < -0.4 is 5.32 Å². The van der Waals surface area contributed by atoms with Crippen molar-refractivity contribution in [2.24, 2.45) is 0 Å². The number of aliphatic hydroxyl groups excluding tert-OH is 1. The van der Waals surface area contributed by atoms with Gasteiger partial charge in [0.05, 0.1) is 18.1 Å². The third-order valence-electron chi connectivity index (χ3n) is 2.53. The van der Waals surface area contributed by atoms with Crippen molar-refractivity contribution in [3.05, 3.63) is 59.7 Å². The van der Waals surface area contributed by atoms with E-state index >= 15 is 0 Å². The maximum absolute atomic E-state index is 10.1. The predicted molar refractivity (Wildman–Crippen MR) is 73.3 cm³/mol. The molecule has 1 aromatic heterocycles. The molecular weight excluding hydrogens is 246 g/mol. The molecule has 0 bridgehead atoms. The number of nitrogens with one attached hydrogen (secondary N) is 1. The van der Waals surface area contributed by atoms with Crippen molar-refractivity contribution in [3.8, 4) is 0 Å². The van der Waals surface area contributed by atoms with Gasteiger partial charge in [-0.2, -0.15) is 0 Å². The third kappa shape index (κ3) is 2.69. The highest BCUT2D eigenvalue weighted by Crippen LogP contribution is 2.18. The molecule has 0 saturated heterocycles. The Labute approximate surface area is 111 Å². The van der Waals surface area contributed by atoms with Crippen molar-refractivity contribution in [1.29, 1.82) is 0 Å². The van der Waals surface area contributed by atoms with Gasteiger partial charge >= 0.3 is 0 Å². The van der Waals surface area contributed by atoms with Crippen LogP contribution in [0.1, 0.15) is 23.1 Å². The molecule has 4 nitrogen and oxygen atoms in total. The van der Waals surface area contributed by atoms with Crippen molar-refractivity contribution >= 4 is 17.2 Å². The first kappa shape index (κ1) is 12.6. The molecule has 0 saturated carbocycles. The molecule has 1 heterocycles. The first-order valence-electron chi connectivity index (χ1n) is 5.49. The van der Waals surface area contributed by atoms with E-state index in [1.165, 1.54) is 6.20 Å². The lowest BCUT2D eigenvalue weighted by Crippen LogP contribution is -2.18. The van der Waals surface area contributed by atoms with Gasteiger partial charge in [-0.3, -0.25) is 9.97 Å². The summed E-state index contributed by atoms with van der Waals surface area (Å²) in [5.41, 5.74) is 1.89. The molecule has 5 heteroatoms. The maximum atomic E-state index is 10.1. The van der Waals surface area contributed by atoms with Crippen LogP contribution in [0.25, 0.3) is 0 Å². The minimum absolute atomic E-state index is 0.504. The standard InChI is InChI=1S/C13H13N3OS/c1-14-13(18)11-8-15-10(7-16-11)12(17)9-5-3-2-4-6-9/h2-8,12,17H,1H3,(H,14,18). The fourth-order valence-corrected chi connectivity index (χ4v) is 1.64. The summed E-state index contributed by atoms with van der Waals surface area (Å²) in [6.45, 7) is 0. The Hall–Kier alpha value is -1.85. The van der Waals surface area contributed by atoms with Gasteiger partial charge in [0.1, 0.15) is 16.8 Å². The summed E-state index contributed by atoms with van der Waals surface area (Å²) in [6, 6.07) is 9.33. The van der Waals surface area contributed by atoms with E-state index in [4.69, 9.17) is 12.2 Å². The number of benzene rings is 1. The van der Waals surface area contributed by atoms with Crippen molar-refractivity contribution in [3.63, 3.8) is 0 Å². The normalized spacial score (nSPS) is 11.9. The second-order valence-electron chi connectivity index (χ2n) is 3.72. The van der Waals surface area contributed by atoms with E-state index in [1.54, 1.807) is 13.2 Å². The maximum Gasteiger partial charge on any atom is 0.126 e. The van der Waals surface area contributed by atoms with Crippen LogP contribution in [0.2, 0.25) is 0 Å². The van der Waals surface area contributed by atoms with Gasteiger partial charge in [0.15, 0.2) is 0 Å². The number of rotatable bonds is 3. The minimum atomic E-state index is -0.768. The van der Waals surface area contributed by atoms with E-state index in [9.17, 15) is 5.11 Å². The van der Waals surface area contributed by atoms with Gasteiger partial charge in [0, 0.05) is 7.05 Å². The summed E-state index contributed by atoms with van der Waals surface area (Å²) < 4.78 is 0. The van der Waals surface area contributed by atoms with E-state index in [0.717, 1.165) is 5.56 Å². The molecule has 2 aromatic rings. The number of aliphatic hydroxyl groups is 1. The Kier molecular flexibility index (Phi) is 3.96. The van der Waals surface area contributed by atoms with Gasteiger partial charge in [-0.1, -0.05) is 42.5 Å². The zero-order chi connectivity index (χ0) is 13.0. The van der Waals surface area contributed by atoms with Gasteiger partial charge in [0.25, 0.3) is 0 Å². The van der Waals surface area contributed by atoms with Gasteiger partial charge in [-0.15, -0.1) is 0 Å². The van der Waals surface area contributed by atoms with Crippen LogP contribution in [0.5, 0.6) is 0 Å². The van der Waals surface area contributed by atoms with E-state index in [-0.39, 0.29) is 0 Å². The van der Waals surface area contributed by atoms with E-state index in [1.807, 2.05) is 30.3 Å². The van der Waals surface area contributed by atoms with Crippen LogP contribution >= 0.6 is 12.2 Å². The topological polar surface area (TPSA) is 58.0 Å². The largest absolute Gasteiger partial charge is 0.382 e. The lowest BCUT2D eigenvalue weighted by atomic mass is 10.1. The number of nitrogens with zero attached hydrogens (tertiary/aromatic N) is 2. The molecule has 0 fully saturated rings. The first-order valence-corrected chi connectivity index (χ1v) is 5.90. The molecule has 92 valence electrons. The van der Waals surface area contributed by atoms with Crippen LogP contribution in [-0.4, -0.2) is 27.1 Å². The SMILES string of the molecule is CNC(=S)c1cnc(C(O)c2ccccc2)cn1. The molecule has 1 atom stereocenters. The molecule has 2 N–H and O–H groups in total. The average molecular weight is 259 g/mol. The molecule has 0 aliphatic carbocycles. The van der Waals surface area contributed by atoms with Gasteiger partial charge in [0.2, 0.25) is 0 Å². The summed E-state index contributed by atoms with van der Waals surface area (Å²) in [5, 5.41) is 13.0. The number of hydrogen-bond donors (Lipinski definition) is 2. The molecule has 0 aliphatic heterocycles. The average Bonchev–Trinajstić information content (AvgIpc) is 2.47. The molecular formula is C13H13N3OS. The second kappa shape index (κ2) is 5.66. The van der Waals surface area contributed by atoms with E-state index in [2.05, 4.69) is 15.3 Å². The molecule has 1 unspecified atom stereocenters. The summed E-state index contributed by atoms with van der Waals surface area (Å²) >= 11 is 5.05. The van der Waals surface area contributed by atoms with E-state index < -0.39 is 6.10 Å². The van der Waals surface area contributed by atoms with Crippen LogP contribution in [0.3, 0.4) is 0 Å². The van der Waals surface area contributed by atoms with Crippen molar-refractivity contribution in [1.82, 2.24) is 15.3 Å². The van der Waals surface area contributed by atoms with Gasteiger partial charge in [-0.05, 0) is 5.56 Å². The molecule has 0 aliphatic rings. The van der Waals surface area contributed by atoms with E-state index in [0.29, 0.717) is 16.4 Å². The molecule has 1 aromatic carbocycles. The zero-order valence-corrected chi connectivity index (χ0v) is 10.7. The fourth-order valence-electron chi connectivity index (χ4n) is 1.53. The van der Waals surface area contributed by atoms with Crippen LogP contribution in [0.4, 0.5) is 0 Å². The third-order valence-corrected chi connectivity index (χ3v) is 2.94. The quantitative estimate of drug-likeness (QED) is 0.817. The predicted octanol–water partition coefficient (Wildman–Crippen LogP) is 1.45. The Bertz CT molecular complexity index is 528. The minimum Gasteiger partial charge on any atom is -0.382 e. The monoisotopic (exact) mass is 259 g/mol. The Balaban J connectivity index is 2.22. The van der Waals surface area contributed by atoms with Crippen LogP contribution in [0.15, 0.2) is 42.7 Å². The number of hydrogen-bond acceptors (Lipinski definition) is 4. The summed E-state index contributed by atoms with van der Waals surface area (Å²) in [7, 11) is 1.73. The van der Waals surface area contributed by atoms with Gasteiger partial charge in [-0.25, -0.2) is 0 Å². The summed E-state index contributed by atoms with van der Waals surface area (Å²) in [5.74, 6) is 0. The molecule has 18 heavy (non-hydrogen) atoms. The molecule has 2 rings (SSSR count). The van der Waals surface area contributed by atoms with Gasteiger partial charge < -0.3 is 10.4 Å². The zero-order valence-electron chi connectivity index (χ0n) is 9.87. The van der Waals surface area contributed by atoms with Crippen molar-refractivity contribution in [2.45, 2.75) is 6.10 Å². The van der Waals surface area contributed by atoms with Crippen molar-refractivity contribution < 1.29 is 5.11 Å². The highest BCUT2D eigenvalue weighted by Gasteiger charge is 2.12. The van der Waals surface area contributed by atoms with Crippen LogP contribution in [0, 0.1) is 0 Å². The number of aromatic nitrogens is 2. The summed E-state index contributed by atoms with van der Waals surface area (Å²) in [6.07, 6.45) is 2.33. The highest BCUT2D eigenvalue weighted by atomic mass is 32.1. The smallest absolute Gasteiger partial charge is 0.126 e. The summed E-state index contributed by atoms with van der Waals surface area (Å²) in [4.78, 5) is 8.88. The molecule has 0 spiro atoms. The highest BCUT2D eigenvalue weighted by molar-refractivity contribution is 7.80. The van der Waals surface area contributed by atoms with Crippen molar-refractivity contribution in [2.75, 3.05) is 7.05 Å².